The molecule has 2 unspecified atom stereocenters. The molecule has 1 aromatic carbocycles. The van der Waals surface area contributed by atoms with E-state index in [1.807, 2.05) is 31.2 Å². The van der Waals surface area contributed by atoms with Crippen LogP contribution in [0.5, 0.6) is 0 Å². The van der Waals surface area contributed by atoms with Gasteiger partial charge < -0.3 is 10.2 Å². The minimum Gasteiger partial charge on any atom is -0.481 e. The molecular formula is C13H18O3S. The number of carbonyl (C=O) groups is 1. The van der Waals surface area contributed by atoms with Gasteiger partial charge in [0, 0.05) is 11.0 Å². The number of aliphatic hydroxyl groups is 1. The molecule has 94 valence electrons. The maximum atomic E-state index is 10.5. The average Bonchev–Trinajstić information content (AvgIpc) is 2.26. The van der Waals surface area contributed by atoms with E-state index in [0.717, 1.165) is 16.9 Å². The topological polar surface area (TPSA) is 57.5 Å². The summed E-state index contributed by atoms with van der Waals surface area (Å²) in [6, 6.07) is 7.58. The molecule has 0 aliphatic carbocycles. The first-order chi connectivity index (χ1) is 7.99. The zero-order valence-electron chi connectivity index (χ0n) is 10.1. The Morgan fingerprint density at radius 3 is 2.24 bits per heavy atom. The van der Waals surface area contributed by atoms with Crippen LogP contribution < -0.4 is 0 Å². The van der Waals surface area contributed by atoms with E-state index >= 15 is 0 Å². The van der Waals surface area contributed by atoms with Crippen molar-refractivity contribution in [2.45, 2.75) is 37.4 Å². The van der Waals surface area contributed by atoms with E-state index in [2.05, 4.69) is 0 Å². The van der Waals surface area contributed by atoms with Gasteiger partial charge in [0.2, 0.25) is 0 Å². The third-order valence-corrected chi connectivity index (χ3v) is 3.99. The Hall–Kier alpha value is -1.00. The van der Waals surface area contributed by atoms with Gasteiger partial charge >= 0.3 is 5.97 Å². The highest BCUT2D eigenvalue weighted by Crippen LogP contribution is 2.20. The third-order valence-electron chi connectivity index (χ3n) is 2.57. The summed E-state index contributed by atoms with van der Waals surface area (Å²) in [6.07, 6.45) is -0.247. The van der Waals surface area contributed by atoms with Gasteiger partial charge in [-0.3, -0.25) is 4.79 Å². The Morgan fingerprint density at radius 2 is 1.76 bits per heavy atom. The lowest BCUT2D eigenvalue weighted by Crippen LogP contribution is -2.15. The van der Waals surface area contributed by atoms with Gasteiger partial charge in [-0.25, -0.2) is 0 Å². The van der Waals surface area contributed by atoms with E-state index in [4.69, 9.17) is 5.11 Å². The minimum absolute atomic E-state index is 0.0670. The Bertz CT molecular complexity index is 359. The molecule has 17 heavy (non-hydrogen) atoms. The number of aliphatic carboxylic acids is 1. The fourth-order valence-electron chi connectivity index (χ4n) is 1.29. The van der Waals surface area contributed by atoms with Crippen LogP contribution in [-0.4, -0.2) is 27.5 Å². The number of carboxylic acid groups (broad SMARTS) is 1. The fraction of sp³-hybridized carbons (Fsp3) is 0.462. The van der Waals surface area contributed by atoms with E-state index < -0.39 is 5.97 Å². The van der Waals surface area contributed by atoms with Crippen molar-refractivity contribution in [1.29, 1.82) is 0 Å². The van der Waals surface area contributed by atoms with Gasteiger partial charge in [-0.15, -0.1) is 0 Å². The largest absolute Gasteiger partial charge is 0.481 e. The Kier molecular flexibility index (Phi) is 5.51. The molecule has 0 aliphatic heterocycles. The van der Waals surface area contributed by atoms with Crippen LogP contribution in [0.2, 0.25) is 0 Å². The maximum Gasteiger partial charge on any atom is 0.307 e. The van der Waals surface area contributed by atoms with Crippen molar-refractivity contribution >= 4 is 17.7 Å². The van der Waals surface area contributed by atoms with Crippen LogP contribution in [0.15, 0.2) is 24.3 Å². The van der Waals surface area contributed by atoms with Gasteiger partial charge in [-0.05, 0) is 18.1 Å². The van der Waals surface area contributed by atoms with Crippen LogP contribution in [0.1, 0.15) is 25.0 Å². The van der Waals surface area contributed by atoms with Crippen molar-refractivity contribution in [2.24, 2.45) is 0 Å². The highest BCUT2D eigenvalue weighted by molar-refractivity contribution is 7.99. The lowest BCUT2D eigenvalue weighted by molar-refractivity contribution is -0.136. The van der Waals surface area contributed by atoms with Crippen molar-refractivity contribution < 1.29 is 15.0 Å². The summed E-state index contributed by atoms with van der Waals surface area (Å²) in [4.78, 5) is 10.5. The lowest BCUT2D eigenvalue weighted by Gasteiger charge is -2.13. The van der Waals surface area contributed by atoms with E-state index in [1.165, 1.54) is 0 Å². The highest BCUT2D eigenvalue weighted by atomic mass is 32.2. The van der Waals surface area contributed by atoms with Crippen molar-refractivity contribution in [2.75, 3.05) is 0 Å². The molecule has 4 heteroatoms. The van der Waals surface area contributed by atoms with Gasteiger partial charge in [0.15, 0.2) is 0 Å². The molecule has 0 aromatic heterocycles. The fourth-order valence-corrected chi connectivity index (χ4v) is 2.22. The molecule has 0 saturated carbocycles. The number of hydrogen-bond acceptors (Lipinski definition) is 3. The summed E-state index contributed by atoms with van der Waals surface area (Å²) in [6.45, 7) is 3.78. The molecule has 0 spiro atoms. The SMILES string of the molecule is CC(O)C(C)SCc1ccc(CC(=O)O)cc1. The second kappa shape index (κ2) is 6.67. The van der Waals surface area contributed by atoms with Crippen LogP contribution in [0.3, 0.4) is 0 Å². The monoisotopic (exact) mass is 254 g/mol. The first-order valence-electron chi connectivity index (χ1n) is 5.58. The second-order valence-corrected chi connectivity index (χ2v) is 5.51. The van der Waals surface area contributed by atoms with Gasteiger partial charge in [0.1, 0.15) is 0 Å². The van der Waals surface area contributed by atoms with E-state index in [0.29, 0.717) is 0 Å². The van der Waals surface area contributed by atoms with Crippen LogP contribution in [0.25, 0.3) is 0 Å². The van der Waals surface area contributed by atoms with Crippen LogP contribution in [0, 0.1) is 0 Å². The number of benzene rings is 1. The Labute approximate surface area is 106 Å². The van der Waals surface area contributed by atoms with E-state index in [9.17, 15) is 9.90 Å². The summed E-state index contributed by atoms with van der Waals surface area (Å²) in [5.74, 6) is 0.0224. The van der Waals surface area contributed by atoms with Crippen LogP contribution >= 0.6 is 11.8 Å². The Balaban J connectivity index is 2.48. The molecule has 0 bridgehead atoms. The predicted octanol–water partition coefficient (Wildman–Crippen LogP) is 2.32. The molecule has 2 N–H and O–H groups in total. The summed E-state index contributed by atoms with van der Waals surface area (Å²) in [5.41, 5.74) is 1.96. The number of rotatable bonds is 6. The third kappa shape index (κ3) is 5.24. The summed E-state index contributed by atoms with van der Waals surface area (Å²) < 4.78 is 0. The quantitative estimate of drug-likeness (QED) is 0.818. The minimum atomic E-state index is -0.810. The molecule has 3 nitrogen and oxygen atoms in total. The van der Waals surface area contributed by atoms with Crippen LogP contribution in [0.4, 0.5) is 0 Å². The molecule has 0 heterocycles. The first kappa shape index (κ1) is 14.1. The first-order valence-corrected chi connectivity index (χ1v) is 6.63. The van der Waals surface area contributed by atoms with Crippen molar-refractivity contribution in [3.63, 3.8) is 0 Å². The molecule has 0 amide bonds. The van der Waals surface area contributed by atoms with Crippen molar-refractivity contribution in [1.82, 2.24) is 0 Å². The molecule has 1 aromatic rings. The van der Waals surface area contributed by atoms with Gasteiger partial charge in [-0.2, -0.15) is 11.8 Å². The second-order valence-electron chi connectivity index (χ2n) is 4.14. The van der Waals surface area contributed by atoms with Crippen LogP contribution in [-0.2, 0) is 17.0 Å². The number of thioether (sulfide) groups is 1. The summed E-state index contributed by atoms with van der Waals surface area (Å²) in [7, 11) is 0. The predicted molar refractivity (Wildman–Crippen MR) is 70.2 cm³/mol. The standard InChI is InChI=1S/C13H18O3S/c1-9(14)10(2)17-8-12-5-3-11(4-6-12)7-13(15)16/h3-6,9-10,14H,7-8H2,1-2H3,(H,15,16). The summed E-state index contributed by atoms with van der Waals surface area (Å²) >= 11 is 1.69. The smallest absolute Gasteiger partial charge is 0.307 e. The van der Waals surface area contributed by atoms with Gasteiger partial charge in [0.05, 0.1) is 12.5 Å². The average molecular weight is 254 g/mol. The molecule has 0 radical (unpaired) electrons. The van der Waals surface area contributed by atoms with Gasteiger partial charge in [-0.1, -0.05) is 31.2 Å². The number of carboxylic acids is 1. The van der Waals surface area contributed by atoms with Gasteiger partial charge in [0.25, 0.3) is 0 Å². The number of hydrogen-bond donors (Lipinski definition) is 2. The van der Waals surface area contributed by atoms with Crippen molar-refractivity contribution in [3.8, 4) is 0 Å². The molecule has 0 aliphatic rings. The maximum absolute atomic E-state index is 10.5. The zero-order chi connectivity index (χ0) is 12.8. The molecule has 0 fully saturated rings. The number of aliphatic hydroxyl groups excluding tert-OH is 1. The molecule has 2 atom stereocenters. The normalized spacial score (nSPS) is 14.3. The highest BCUT2D eigenvalue weighted by Gasteiger charge is 2.09. The van der Waals surface area contributed by atoms with Crippen molar-refractivity contribution in [3.05, 3.63) is 35.4 Å². The summed E-state index contributed by atoms with van der Waals surface area (Å²) in [5, 5.41) is 18.2. The lowest BCUT2D eigenvalue weighted by atomic mass is 10.1. The van der Waals surface area contributed by atoms with E-state index in [1.54, 1.807) is 18.7 Å². The zero-order valence-corrected chi connectivity index (χ0v) is 10.9. The Morgan fingerprint density at radius 1 is 1.24 bits per heavy atom. The molecule has 1 rings (SSSR count). The molecular weight excluding hydrogens is 236 g/mol. The molecule has 0 saturated heterocycles. The van der Waals surface area contributed by atoms with E-state index in [-0.39, 0.29) is 17.8 Å².